The minimum atomic E-state index is -1.27. The molecule has 0 fully saturated rings. The van der Waals surface area contributed by atoms with Gasteiger partial charge >= 0.3 is 0 Å². The quantitative estimate of drug-likeness (QED) is 0.840. The second kappa shape index (κ2) is 4.53. The average molecular weight is 276 g/mol. The van der Waals surface area contributed by atoms with Crippen molar-refractivity contribution in [3.63, 3.8) is 0 Å². The highest BCUT2D eigenvalue weighted by atomic mass is 35.5. The molecule has 0 aromatic heterocycles. The van der Waals surface area contributed by atoms with Crippen LogP contribution < -0.4 is 10.5 Å². The Hall–Kier alpha value is -1.55. The van der Waals surface area contributed by atoms with Crippen LogP contribution in [0.5, 0.6) is 5.75 Å². The Labute approximate surface area is 116 Å². The molecule has 98 valence electrons. The van der Waals surface area contributed by atoms with E-state index in [4.69, 9.17) is 22.1 Å². The van der Waals surface area contributed by atoms with Crippen LogP contribution in [-0.2, 0) is 12.2 Å². The molecule has 1 aliphatic heterocycles. The highest BCUT2D eigenvalue weighted by Crippen LogP contribution is 2.41. The van der Waals surface area contributed by atoms with Crippen LogP contribution in [0, 0.1) is 0 Å². The molecule has 19 heavy (non-hydrogen) atoms. The SMILES string of the molecule is NCC1(O)c2ccccc2OCc2c(Cl)cccc21. The van der Waals surface area contributed by atoms with E-state index in [9.17, 15) is 5.11 Å². The molecule has 2 aromatic rings. The van der Waals surface area contributed by atoms with E-state index in [0.29, 0.717) is 28.5 Å². The van der Waals surface area contributed by atoms with Crippen LogP contribution in [-0.4, -0.2) is 11.7 Å². The second-order valence-electron chi connectivity index (χ2n) is 4.62. The van der Waals surface area contributed by atoms with Crippen molar-refractivity contribution in [2.75, 3.05) is 6.54 Å². The summed E-state index contributed by atoms with van der Waals surface area (Å²) in [6, 6.07) is 12.8. The van der Waals surface area contributed by atoms with Gasteiger partial charge in [0, 0.05) is 22.7 Å². The first-order valence-corrected chi connectivity index (χ1v) is 6.47. The van der Waals surface area contributed by atoms with Crippen LogP contribution in [0.25, 0.3) is 0 Å². The number of halogens is 1. The van der Waals surface area contributed by atoms with Crippen molar-refractivity contribution in [1.82, 2.24) is 0 Å². The van der Waals surface area contributed by atoms with Crippen molar-refractivity contribution in [3.05, 3.63) is 64.2 Å². The minimum absolute atomic E-state index is 0.0702. The Balaban J connectivity index is 2.31. The summed E-state index contributed by atoms with van der Waals surface area (Å²) in [6.45, 7) is 0.398. The molecule has 0 saturated carbocycles. The van der Waals surface area contributed by atoms with Gasteiger partial charge in [-0.2, -0.15) is 0 Å². The third-order valence-electron chi connectivity index (χ3n) is 3.56. The van der Waals surface area contributed by atoms with Crippen LogP contribution in [0.3, 0.4) is 0 Å². The minimum Gasteiger partial charge on any atom is -0.488 e. The van der Waals surface area contributed by atoms with Gasteiger partial charge in [-0.25, -0.2) is 0 Å². The van der Waals surface area contributed by atoms with Crippen LogP contribution in [0.1, 0.15) is 16.7 Å². The van der Waals surface area contributed by atoms with Gasteiger partial charge in [-0.1, -0.05) is 41.9 Å². The Bertz CT molecular complexity index is 629. The first-order chi connectivity index (χ1) is 9.16. The van der Waals surface area contributed by atoms with E-state index in [1.54, 1.807) is 6.07 Å². The summed E-state index contributed by atoms with van der Waals surface area (Å²) in [4.78, 5) is 0. The maximum absolute atomic E-state index is 11.0. The Morgan fingerprint density at radius 3 is 2.68 bits per heavy atom. The van der Waals surface area contributed by atoms with Gasteiger partial charge in [0.1, 0.15) is 18.0 Å². The zero-order valence-corrected chi connectivity index (χ0v) is 11.0. The fourth-order valence-electron chi connectivity index (χ4n) is 2.54. The van der Waals surface area contributed by atoms with E-state index in [1.165, 1.54) is 0 Å². The fraction of sp³-hybridized carbons (Fsp3) is 0.200. The third kappa shape index (κ3) is 1.82. The summed E-state index contributed by atoms with van der Waals surface area (Å²) in [5.74, 6) is 0.641. The van der Waals surface area contributed by atoms with Gasteiger partial charge in [-0.15, -0.1) is 0 Å². The number of nitrogens with two attached hydrogens (primary N) is 1. The standard InChI is InChI=1S/C15H14ClNO2/c16-13-6-3-5-11-10(13)8-19-14-7-2-1-4-12(14)15(11,18)9-17/h1-7,18H,8-9,17H2. The second-order valence-corrected chi connectivity index (χ2v) is 5.02. The zero-order valence-electron chi connectivity index (χ0n) is 10.3. The maximum atomic E-state index is 11.0. The summed E-state index contributed by atoms with van der Waals surface area (Å²) in [5.41, 5.74) is 6.75. The first-order valence-electron chi connectivity index (χ1n) is 6.09. The molecule has 1 aliphatic rings. The van der Waals surface area contributed by atoms with Crippen molar-refractivity contribution in [1.29, 1.82) is 0 Å². The number of aliphatic hydroxyl groups is 1. The highest BCUT2D eigenvalue weighted by molar-refractivity contribution is 6.31. The van der Waals surface area contributed by atoms with Gasteiger partial charge in [-0.05, 0) is 17.7 Å². The van der Waals surface area contributed by atoms with Gasteiger partial charge in [0.25, 0.3) is 0 Å². The van der Waals surface area contributed by atoms with Gasteiger partial charge in [0.05, 0.1) is 0 Å². The summed E-state index contributed by atoms with van der Waals surface area (Å²) < 4.78 is 5.75. The lowest BCUT2D eigenvalue weighted by Gasteiger charge is -2.28. The van der Waals surface area contributed by atoms with Crippen molar-refractivity contribution in [3.8, 4) is 5.75 Å². The van der Waals surface area contributed by atoms with Crippen molar-refractivity contribution < 1.29 is 9.84 Å². The maximum Gasteiger partial charge on any atom is 0.131 e. The first kappa shape index (κ1) is 12.5. The van der Waals surface area contributed by atoms with Crippen LogP contribution >= 0.6 is 11.6 Å². The van der Waals surface area contributed by atoms with Gasteiger partial charge in [0.15, 0.2) is 0 Å². The molecular formula is C15H14ClNO2. The van der Waals surface area contributed by atoms with E-state index in [-0.39, 0.29) is 6.54 Å². The van der Waals surface area contributed by atoms with E-state index < -0.39 is 5.60 Å². The highest BCUT2D eigenvalue weighted by Gasteiger charge is 2.37. The molecule has 0 aliphatic carbocycles. The molecule has 0 spiro atoms. The normalized spacial score (nSPS) is 21.0. The number of fused-ring (bicyclic) bond motifs is 2. The van der Waals surface area contributed by atoms with Gasteiger partial charge in [-0.3, -0.25) is 0 Å². The molecule has 0 bridgehead atoms. The lowest BCUT2D eigenvalue weighted by atomic mass is 9.84. The van der Waals surface area contributed by atoms with Crippen molar-refractivity contribution in [2.45, 2.75) is 12.2 Å². The molecule has 0 amide bonds. The molecule has 0 saturated heterocycles. The molecule has 1 heterocycles. The van der Waals surface area contributed by atoms with E-state index in [1.807, 2.05) is 36.4 Å². The largest absolute Gasteiger partial charge is 0.488 e. The number of rotatable bonds is 1. The zero-order chi connectivity index (χ0) is 13.5. The Kier molecular flexibility index (Phi) is 2.97. The lowest BCUT2D eigenvalue weighted by Crippen LogP contribution is -2.36. The molecule has 3 N–H and O–H groups in total. The van der Waals surface area contributed by atoms with Gasteiger partial charge in [0.2, 0.25) is 0 Å². The molecule has 0 radical (unpaired) electrons. The van der Waals surface area contributed by atoms with E-state index in [0.717, 1.165) is 5.56 Å². The van der Waals surface area contributed by atoms with Crippen molar-refractivity contribution >= 4 is 11.6 Å². The monoisotopic (exact) mass is 275 g/mol. The van der Waals surface area contributed by atoms with Crippen LogP contribution in [0.15, 0.2) is 42.5 Å². The predicted molar refractivity (Wildman–Crippen MR) is 74.3 cm³/mol. The Morgan fingerprint density at radius 2 is 1.89 bits per heavy atom. The summed E-state index contributed by atoms with van der Waals surface area (Å²) in [5, 5.41) is 11.6. The van der Waals surface area contributed by atoms with Crippen molar-refractivity contribution in [2.24, 2.45) is 5.73 Å². The molecular weight excluding hydrogens is 262 g/mol. The number of hydrogen-bond acceptors (Lipinski definition) is 3. The van der Waals surface area contributed by atoms with Crippen LogP contribution in [0.4, 0.5) is 0 Å². The fourth-order valence-corrected chi connectivity index (χ4v) is 2.77. The lowest BCUT2D eigenvalue weighted by molar-refractivity contribution is 0.0894. The van der Waals surface area contributed by atoms with E-state index in [2.05, 4.69) is 0 Å². The number of benzene rings is 2. The topological polar surface area (TPSA) is 55.5 Å². The number of hydrogen-bond donors (Lipinski definition) is 2. The molecule has 1 atom stereocenters. The Morgan fingerprint density at radius 1 is 1.16 bits per heavy atom. The van der Waals surface area contributed by atoms with Gasteiger partial charge < -0.3 is 15.6 Å². The smallest absolute Gasteiger partial charge is 0.131 e. The summed E-state index contributed by atoms with van der Waals surface area (Å²) >= 11 is 6.21. The molecule has 3 rings (SSSR count). The predicted octanol–water partition coefficient (Wildman–Crippen LogP) is 2.43. The van der Waals surface area contributed by atoms with Crippen LogP contribution in [0.2, 0.25) is 5.02 Å². The number of ether oxygens (including phenoxy) is 1. The molecule has 1 unspecified atom stereocenters. The molecule has 4 heteroatoms. The van der Waals surface area contributed by atoms with E-state index >= 15 is 0 Å². The summed E-state index contributed by atoms with van der Waals surface area (Å²) in [6.07, 6.45) is 0. The molecule has 2 aromatic carbocycles. The third-order valence-corrected chi connectivity index (χ3v) is 3.92. The number of para-hydroxylation sites is 1. The average Bonchev–Trinajstić information content (AvgIpc) is 2.57. The summed E-state index contributed by atoms with van der Waals surface area (Å²) in [7, 11) is 0. The molecule has 3 nitrogen and oxygen atoms in total.